The van der Waals surface area contributed by atoms with Gasteiger partial charge >= 0.3 is 0 Å². The normalized spacial score (nSPS) is 19.9. The van der Waals surface area contributed by atoms with Crippen molar-refractivity contribution in [2.75, 3.05) is 6.54 Å². The van der Waals surface area contributed by atoms with Gasteiger partial charge in [-0.25, -0.2) is 0 Å². The van der Waals surface area contributed by atoms with E-state index >= 15 is 0 Å². The van der Waals surface area contributed by atoms with E-state index in [2.05, 4.69) is 30.3 Å². The number of rotatable bonds is 7. The van der Waals surface area contributed by atoms with E-state index in [9.17, 15) is 0 Å². The summed E-state index contributed by atoms with van der Waals surface area (Å²) in [4.78, 5) is 0. The maximum absolute atomic E-state index is 4.28. The SMILES string of the molecule is CCCNC(CCc1ccnn1C)C1(C)CCCCC1. The van der Waals surface area contributed by atoms with E-state index in [1.54, 1.807) is 0 Å². The number of nitrogens with zero attached hydrogens (tertiary/aromatic N) is 2. The third-order valence-electron chi connectivity index (χ3n) is 5.09. The van der Waals surface area contributed by atoms with Gasteiger partial charge in [0.15, 0.2) is 0 Å². The molecule has 1 saturated carbocycles. The maximum Gasteiger partial charge on any atom is 0.0492 e. The van der Waals surface area contributed by atoms with Crippen molar-refractivity contribution >= 4 is 0 Å². The monoisotopic (exact) mass is 277 g/mol. The molecule has 3 nitrogen and oxygen atoms in total. The largest absolute Gasteiger partial charge is 0.313 e. The molecule has 1 unspecified atom stereocenters. The zero-order chi connectivity index (χ0) is 14.4. The summed E-state index contributed by atoms with van der Waals surface area (Å²) in [6, 6.07) is 2.80. The summed E-state index contributed by atoms with van der Waals surface area (Å²) in [6.07, 6.45) is 12.5. The fourth-order valence-corrected chi connectivity index (χ4v) is 3.66. The van der Waals surface area contributed by atoms with Crippen LogP contribution >= 0.6 is 0 Å². The van der Waals surface area contributed by atoms with Gasteiger partial charge in [0.2, 0.25) is 0 Å². The zero-order valence-electron chi connectivity index (χ0n) is 13.5. The minimum atomic E-state index is 0.492. The van der Waals surface area contributed by atoms with Gasteiger partial charge in [-0.05, 0) is 50.1 Å². The Kier molecular flexibility index (Phi) is 5.64. The van der Waals surface area contributed by atoms with E-state index < -0.39 is 0 Å². The van der Waals surface area contributed by atoms with Crippen LogP contribution in [-0.4, -0.2) is 22.4 Å². The molecule has 1 N–H and O–H groups in total. The Morgan fingerprint density at radius 3 is 2.70 bits per heavy atom. The van der Waals surface area contributed by atoms with Crippen LogP contribution in [0.1, 0.15) is 64.5 Å². The summed E-state index contributed by atoms with van der Waals surface area (Å²) in [5.41, 5.74) is 1.85. The molecule has 1 heterocycles. The smallest absolute Gasteiger partial charge is 0.0492 e. The Hall–Kier alpha value is -0.830. The lowest BCUT2D eigenvalue weighted by atomic mass is 9.69. The summed E-state index contributed by atoms with van der Waals surface area (Å²) in [7, 11) is 2.05. The van der Waals surface area contributed by atoms with Crippen molar-refractivity contribution in [3.8, 4) is 0 Å². The van der Waals surface area contributed by atoms with Crippen molar-refractivity contribution in [2.45, 2.75) is 71.3 Å². The third-order valence-corrected chi connectivity index (χ3v) is 5.09. The molecule has 1 fully saturated rings. The molecule has 1 aliphatic carbocycles. The molecule has 2 rings (SSSR count). The van der Waals surface area contributed by atoms with Gasteiger partial charge in [0, 0.05) is 25.0 Å². The first-order valence-electron chi connectivity index (χ1n) is 8.36. The van der Waals surface area contributed by atoms with Crippen molar-refractivity contribution in [1.29, 1.82) is 0 Å². The molecule has 0 spiro atoms. The van der Waals surface area contributed by atoms with Crippen LogP contribution in [-0.2, 0) is 13.5 Å². The van der Waals surface area contributed by atoms with E-state index in [4.69, 9.17) is 0 Å². The molecule has 0 aromatic carbocycles. The summed E-state index contributed by atoms with van der Waals surface area (Å²) >= 11 is 0. The average molecular weight is 277 g/mol. The lowest BCUT2D eigenvalue weighted by molar-refractivity contribution is 0.137. The van der Waals surface area contributed by atoms with Crippen LogP contribution in [0.25, 0.3) is 0 Å². The summed E-state index contributed by atoms with van der Waals surface area (Å²) in [5.74, 6) is 0. The Balaban J connectivity index is 1.97. The molecule has 114 valence electrons. The average Bonchev–Trinajstić information content (AvgIpc) is 2.85. The van der Waals surface area contributed by atoms with Gasteiger partial charge < -0.3 is 5.32 Å². The molecule has 1 atom stereocenters. The minimum absolute atomic E-state index is 0.492. The lowest BCUT2D eigenvalue weighted by Crippen LogP contribution is -2.45. The van der Waals surface area contributed by atoms with Crippen LogP contribution in [0.5, 0.6) is 0 Å². The van der Waals surface area contributed by atoms with E-state index in [-0.39, 0.29) is 0 Å². The molecule has 0 aliphatic heterocycles. The summed E-state index contributed by atoms with van der Waals surface area (Å²) in [5, 5.41) is 8.11. The van der Waals surface area contributed by atoms with Crippen molar-refractivity contribution in [2.24, 2.45) is 12.5 Å². The van der Waals surface area contributed by atoms with Gasteiger partial charge in [0.1, 0.15) is 0 Å². The van der Waals surface area contributed by atoms with Gasteiger partial charge in [-0.15, -0.1) is 0 Å². The number of aromatic nitrogens is 2. The van der Waals surface area contributed by atoms with Crippen LogP contribution in [0, 0.1) is 5.41 Å². The number of nitrogens with one attached hydrogen (secondary N) is 1. The van der Waals surface area contributed by atoms with Gasteiger partial charge in [0.05, 0.1) is 0 Å². The Morgan fingerprint density at radius 2 is 2.10 bits per heavy atom. The highest BCUT2D eigenvalue weighted by molar-refractivity contribution is 5.02. The zero-order valence-corrected chi connectivity index (χ0v) is 13.5. The van der Waals surface area contributed by atoms with Crippen LogP contribution < -0.4 is 5.32 Å². The van der Waals surface area contributed by atoms with Crippen molar-refractivity contribution < 1.29 is 0 Å². The topological polar surface area (TPSA) is 29.9 Å². The molecular weight excluding hydrogens is 246 g/mol. The Bertz CT molecular complexity index is 391. The molecule has 1 aromatic heterocycles. The first kappa shape index (κ1) is 15.6. The lowest BCUT2D eigenvalue weighted by Gasteiger charge is -2.41. The molecule has 0 amide bonds. The first-order chi connectivity index (χ1) is 9.65. The summed E-state index contributed by atoms with van der Waals surface area (Å²) < 4.78 is 2.01. The Morgan fingerprint density at radius 1 is 1.35 bits per heavy atom. The van der Waals surface area contributed by atoms with Crippen LogP contribution in [0.3, 0.4) is 0 Å². The highest BCUT2D eigenvalue weighted by Gasteiger charge is 2.34. The molecule has 0 saturated heterocycles. The molecule has 20 heavy (non-hydrogen) atoms. The fraction of sp³-hybridized carbons (Fsp3) is 0.824. The standard InChI is InChI=1S/C17H31N3/c1-4-13-18-16(17(2)11-6-5-7-12-17)9-8-15-10-14-19-20(15)3/h10,14,16,18H,4-9,11-13H2,1-3H3. The predicted molar refractivity (Wildman–Crippen MR) is 84.8 cm³/mol. The number of aryl methyl sites for hydroxylation is 2. The van der Waals surface area contributed by atoms with Gasteiger partial charge in [-0.3, -0.25) is 4.68 Å². The molecular formula is C17H31N3. The quantitative estimate of drug-likeness (QED) is 0.823. The predicted octanol–water partition coefficient (Wildman–Crippen LogP) is 3.69. The highest BCUT2D eigenvalue weighted by atomic mass is 15.2. The highest BCUT2D eigenvalue weighted by Crippen LogP contribution is 2.40. The molecule has 0 radical (unpaired) electrons. The van der Waals surface area contributed by atoms with Crippen molar-refractivity contribution in [3.63, 3.8) is 0 Å². The van der Waals surface area contributed by atoms with Gasteiger partial charge in [0.25, 0.3) is 0 Å². The second-order valence-corrected chi connectivity index (χ2v) is 6.71. The second-order valence-electron chi connectivity index (χ2n) is 6.71. The minimum Gasteiger partial charge on any atom is -0.313 e. The van der Waals surface area contributed by atoms with Crippen molar-refractivity contribution in [1.82, 2.24) is 15.1 Å². The molecule has 1 aromatic rings. The van der Waals surface area contributed by atoms with Crippen LogP contribution in [0.4, 0.5) is 0 Å². The van der Waals surface area contributed by atoms with Gasteiger partial charge in [-0.2, -0.15) is 5.10 Å². The first-order valence-corrected chi connectivity index (χ1v) is 8.36. The van der Waals surface area contributed by atoms with Crippen molar-refractivity contribution in [3.05, 3.63) is 18.0 Å². The molecule has 3 heteroatoms. The third kappa shape index (κ3) is 3.85. The second kappa shape index (κ2) is 7.26. The van der Waals surface area contributed by atoms with Crippen LogP contribution in [0.2, 0.25) is 0 Å². The van der Waals surface area contributed by atoms with Gasteiger partial charge in [-0.1, -0.05) is 33.1 Å². The van der Waals surface area contributed by atoms with E-state index in [0.717, 1.165) is 13.0 Å². The summed E-state index contributed by atoms with van der Waals surface area (Å²) in [6.45, 7) is 5.91. The Labute approximate surface area is 124 Å². The molecule has 0 bridgehead atoms. The van der Waals surface area contributed by atoms with Crippen LogP contribution in [0.15, 0.2) is 12.3 Å². The van der Waals surface area contributed by atoms with E-state index in [1.807, 2.05) is 17.9 Å². The molecule has 1 aliphatic rings. The fourth-order valence-electron chi connectivity index (χ4n) is 3.66. The van der Waals surface area contributed by atoms with E-state index in [0.29, 0.717) is 11.5 Å². The number of hydrogen-bond donors (Lipinski definition) is 1. The van der Waals surface area contributed by atoms with E-state index in [1.165, 1.54) is 50.6 Å². The number of hydrogen-bond acceptors (Lipinski definition) is 2. The maximum atomic E-state index is 4.28.